The van der Waals surface area contributed by atoms with Gasteiger partial charge in [-0.05, 0) is 0 Å². The summed E-state index contributed by atoms with van der Waals surface area (Å²) in [7, 11) is 0. The number of urea groups is 1. The van der Waals surface area contributed by atoms with E-state index < -0.39 is 25.4 Å². The van der Waals surface area contributed by atoms with Crippen LogP contribution in [0.25, 0.3) is 0 Å². The largest absolute Gasteiger partial charge is 0.376 e. The number of aliphatic hydroxyl groups is 2. The quantitative estimate of drug-likeness (QED) is 0.253. The van der Waals surface area contributed by atoms with E-state index in [0.29, 0.717) is 0 Å². The smallest absolute Gasteiger partial charge is 0.328 e. The number of rotatable bonds is 3. The lowest BCUT2D eigenvalue weighted by Gasteiger charge is -2.14. The van der Waals surface area contributed by atoms with E-state index in [0.717, 1.165) is 0 Å². The van der Waals surface area contributed by atoms with Crippen LogP contribution in [0.5, 0.6) is 0 Å². The fraction of sp³-hybridized carbons (Fsp3) is 0.400. The van der Waals surface area contributed by atoms with Gasteiger partial charge < -0.3 is 15.5 Å². The molecule has 0 aromatic carbocycles. The first-order chi connectivity index (χ1) is 5.67. The van der Waals surface area contributed by atoms with Crippen molar-refractivity contribution in [1.29, 1.82) is 0 Å². The molecule has 0 aromatic heterocycles. The Morgan fingerprint density at radius 1 is 1.42 bits per heavy atom. The topological polar surface area (TPSA) is 107 Å². The van der Waals surface area contributed by atoms with Gasteiger partial charge in [-0.2, -0.15) is 0 Å². The van der Waals surface area contributed by atoms with Gasteiger partial charge in [-0.3, -0.25) is 9.59 Å². The van der Waals surface area contributed by atoms with Crippen LogP contribution < -0.4 is 5.32 Å². The highest BCUT2D eigenvalue weighted by atomic mass is 16.3. The number of carbonyl (C=O) groups excluding carboxylic acids is 3. The highest BCUT2D eigenvalue weighted by molar-refractivity contribution is 6.27. The van der Waals surface area contributed by atoms with E-state index in [2.05, 4.69) is 0 Å². The van der Waals surface area contributed by atoms with E-state index in [1.54, 1.807) is 0 Å². The van der Waals surface area contributed by atoms with Gasteiger partial charge in [-0.1, -0.05) is 0 Å². The van der Waals surface area contributed by atoms with E-state index in [-0.39, 0.29) is 11.2 Å². The summed E-state index contributed by atoms with van der Waals surface area (Å²) in [6.45, 7) is -1.59. The maximum absolute atomic E-state index is 10.7. The van der Waals surface area contributed by atoms with Gasteiger partial charge in [0, 0.05) is 0 Å². The van der Waals surface area contributed by atoms with Crippen molar-refractivity contribution in [3.05, 3.63) is 0 Å². The molecule has 0 fully saturated rings. The van der Waals surface area contributed by atoms with Crippen LogP contribution in [0.1, 0.15) is 0 Å². The lowest BCUT2D eigenvalue weighted by Crippen LogP contribution is -2.45. The van der Waals surface area contributed by atoms with Crippen LogP contribution in [0.2, 0.25) is 0 Å². The molecule has 0 saturated heterocycles. The summed E-state index contributed by atoms with van der Waals surface area (Å²) in [5, 5.41) is 18.4. The van der Waals surface area contributed by atoms with Crippen molar-refractivity contribution in [2.75, 3.05) is 13.5 Å². The van der Waals surface area contributed by atoms with Gasteiger partial charge in [0.1, 0.15) is 13.5 Å². The fourth-order valence-electron chi connectivity index (χ4n) is 0.461. The number of hydrogen-bond donors (Lipinski definition) is 3. The van der Waals surface area contributed by atoms with Gasteiger partial charge in [0.2, 0.25) is 6.29 Å². The molecule has 0 saturated carbocycles. The molecule has 3 N–H and O–H groups in total. The van der Waals surface area contributed by atoms with Crippen LogP contribution in [0.15, 0.2) is 0 Å². The first-order valence-electron chi connectivity index (χ1n) is 2.93. The number of amides is 3. The van der Waals surface area contributed by atoms with Crippen molar-refractivity contribution in [2.45, 2.75) is 0 Å². The predicted molar refractivity (Wildman–Crippen MR) is 35.6 cm³/mol. The second-order valence-electron chi connectivity index (χ2n) is 1.67. The van der Waals surface area contributed by atoms with E-state index in [9.17, 15) is 14.4 Å². The second kappa shape index (κ2) is 5.22. The van der Waals surface area contributed by atoms with Crippen molar-refractivity contribution in [3.63, 3.8) is 0 Å². The minimum atomic E-state index is -1.18. The molecule has 0 rings (SSSR count). The van der Waals surface area contributed by atoms with Crippen LogP contribution in [0.3, 0.4) is 0 Å². The molecule has 12 heavy (non-hydrogen) atoms. The number of hydrogen-bond acceptors (Lipinski definition) is 5. The normalized spacial score (nSPS) is 8.83. The summed E-state index contributed by atoms with van der Waals surface area (Å²) in [4.78, 5) is 31.3. The molecular formula is C5H8N2O5. The molecule has 0 aromatic rings. The maximum atomic E-state index is 10.7. The van der Waals surface area contributed by atoms with Gasteiger partial charge in [0.05, 0.1) is 0 Å². The Hall–Kier alpha value is -1.47. The summed E-state index contributed by atoms with van der Waals surface area (Å²) in [5.41, 5.74) is 0. The van der Waals surface area contributed by atoms with Gasteiger partial charge >= 0.3 is 6.03 Å². The van der Waals surface area contributed by atoms with E-state index in [1.165, 1.54) is 0 Å². The van der Waals surface area contributed by atoms with E-state index in [1.807, 2.05) is 5.32 Å². The van der Waals surface area contributed by atoms with Crippen LogP contribution >= 0.6 is 0 Å². The highest BCUT2D eigenvalue weighted by Crippen LogP contribution is 1.86. The summed E-state index contributed by atoms with van der Waals surface area (Å²) in [6.07, 6.45) is -0.118. The first kappa shape index (κ1) is 10.5. The number of aliphatic hydroxyl groups excluding tert-OH is 2. The number of nitrogens with zero attached hydrogens (tertiary/aromatic N) is 1. The minimum absolute atomic E-state index is 0.118. The third-order valence-electron chi connectivity index (χ3n) is 0.984. The van der Waals surface area contributed by atoms with Gasteiger partial charge in [0.15, 0.2) is 0 Å². The maximum Gasteiger partial charge on any atom is 0.328 e. The number of aldehydes is 1. The summed E-state index contributed by atoms with van der Waals surface area (Å²) < 4.78 is 0. The van der Waals surface area contributed by atoms with Crippen molar-refractivity contribution in [1.82, 2.24) is 10.2 Å². The Labute approximate surface area is 67.6 Å². The van der Waals surface area contributed by atoms with Crippen molar-refractivity contribution in [3.8, 4) is 0 Å². The molecule has 0 spiro atoms. The van der Waals surface area contributed by atoms with Crippen molar-refractivity contribution >= 4 is 18.2 Å². The second-order valence-corrected chi connectivity index (χ2v) is 1.67. The summed E-state index contributed by atoms with van der Waals surface area (Å²) in [6, 6.07) is -1.03. The first-order valence-corrected chi connectivity index (χ1v) is 2.93. The Bertz CT molecular complexity index is 192. The van der Waals surface area contributed by atoms with Crippen LogP contribution in [-0.4, -0.2) is 46.8 Å². The Balaban J connectivity index is 4.23. The standard InChI is InChI=1S/C5H8N2O5/c8-1-4(11)7(3-10)5(12)6-2-9/h1,9-10H,2-3H2,(H,6,12). The molecule has 0 radical (unpaired) electrons. The lowest BCUT2D eigenvalue weighted by molar-refractivity contribution is -0.138. The third kappa shape index (κ3) is 2.64. The molecule has 0 aliphatic rings. The zero-order valence-corrected chi connectivity index (χ0v) is 6.06. The molecule has 68 valence electrons. The average molecular weight is 176 g/mol. The van der Waals surface area contributed by atoms with E-state index >= 15 is 0 Å². The third-order valence-corrected chi connectivity index (χ3v) is 0.984. The average Bonchev–Trinajstić information content (AvgIpc) is 2.06. The molecule has 7 nitrogen and oxygen atoms in total. The zero-order valence-electron chi connectivity index (χ0n) is 6.06. The Kier molecular flexibility index (Phi) is 4.58. The minimum Gasteiger partial charge on any atom is -0.376 e. The molecule has 0 heterocycles. The number of carbonyl (C=O) groups is 3. The SMILES string of the molecule is O=CC(=O)N(CO)C(=O)NCO. The fourth-order valence-corrected chi connectivity index (χ4v) is 0.461. The van der Waals surface area contributed by atoms with Crippen molar-refractivity contribution < 1.29 is 24.6 Å². The van der Waals surface area contributed by atoms with Crippen LogP contribution in [-0.2, 0) is 9.59 Å². The van der Waals surface area contributed by atoms with Crippen LogP contribution in [0.4, 0.5) is 4.79 Å². The molecule has 7 heteroatoms. The lowest BCUT2D eigenvalue weighted by atomic mass is 10.6. The van der Waals surface area contributed by atoms with Crippen molar-refractivity contribution in [2.24, 2.45) is 0 Å². The predicted octanol–water partition coefficient (Wildman–Crippen LogP) is -2.38. The Morgan fingerprint density at radius 3 is 2.33 bits per heavy atom. The molecule has 0 bridgehead atoms. The molecule has 0 aliphatic carbocycles. The molecule has 0 atom stereocenters. The zero-order chi connectivity index (χ0) is 9.56. The van der Waals surface area contributed by atoms with Gasteiger partial charge in [-0.15, -0.1) is 0 Å². The number of imide groups is 1. The molecular weight excluding hydrogens is 168 g/mol. The molecule has 3 amide bonds. The monoisotopic (exact) mass is 176 g/mol. The highest BCUT2D eigenvalue weighted by Gasteiger charge is 2.18. The van der Waals surface area contributed by atoms with Gasteiger partial charge in [-0.25, -0.2) is 9.69 Å². The molecule has 0 unspecified atom stereocenters. The summed E-state index contributed by atoms with van der Waals surface area (Å²) >= 11 is 0. The number of nitrogens with one attached hydrogen (secondary N) is 1. The molecule has 0 aliphatic heterocycles. The van der Waals surface area contributed by atoms with Crippen LogP contribution in [0, 0.1) is 0 Å². The van der Waals surface area contributed by atoms with Gasteiger partial charge in [0.25, 0.3) is 5.91 Å². The summed E-state index contributed by atoms with van der Waals surface area (Å²) in [5.74, 6) is -1.18. The Morgan fingerprint density at radius 2 is 2.00 bits per heavy atom. The van der Waals surface area contributed by atoms with E-state index in [4.69, 9.17) is 10.2 Å².